The maximum atomic E-state index is 5.88. The molecule has 1 atom stereocenters. The minimum Gasteiger partial charge on any atom is -0.327 e. The first-order valence-electron chi connectivity index (χ1n) is 5.81. The average molecular weight is 239 g/mol. The molecule has 2 N–H and O–H groups in total. The van der Waals surface area contributed by atoms with E-state index in [1.807, 2.05) is 12.4 Å². The van der Waals surface area contributed by atoms with Gasteiger partial charge in [-0.05, 0) is 24.3 Å². The van der Waals surface area contributed by atoms with Crippen molar-refractivity contribution in [2.45, 2.75) is 44.8 Å². The van der Waals surface area contributed by atoms with Crippen molar-refractivity contribution in [3.63, 3.8) is 0 Å². The molecule has 0 fully saturated rings. The molecule has 4 heteroatoms. The second-order valence-corrected chi connectivity index (χ2v) is 5.44. The fourth-order valence-electron chi connectivity index (χ4n) is 1.21. The summed E-state index contributed by atoms with van der Waals surface area (Å²) in [5.41, 5.74) is 7.01. The van der Waals surface area contributed by atoms with E-state index in [1.54, 1.807) is 11.8 Å². The molecule has 90 valence electrons. The standard InChI is InChI=1S/C12H21N3S/c1-4-11(13)5-10-6-14-12(15-7-10)16-8-9(2)3/h6-7,9,11H,4-5,8,13H2,1-3H3. The van der Waals surface area contributed by atoms with Crippen molar-refractivity contribution in [2.24, 2.45) is 11.7 Å². The Hall–Kier alpha value is -0.610. The molecule has 3 nitrogen and oxygen atoms in total. The molecule has 0 aromatic carbocycles. The predicted molar refractivity (Wildman–Crippen MR) is 69.6 cm³/mol. The highest BCUT2D eigenvalue weighted by Gasteiger charge is 2.04. The van der Waals surface area contributed by atoms with Gasteiger partial charge in [0, 0.05) is 24.2 Å². The molecule has 0 radical (unpaired) electrons. The Balaban J connectivity index is 2.47. The quantitative estimate of drug-likeness (QED) is 0.612. The predicted octanol–water partition coefficient (Wildman–Crippen LogP) is 2.50. The second-order valence-electron chi connectivity index (χ2n) is 4.45. The second kappa shape index (κ2) is 6.86. The van der Waals surface area contributed by atoms with Gasteiger partial charge in [0.2, 0.25) is 0 Å². The SMILES string of the molecule is CCC(N)Cc1cnc(SCC(C)C)nc1. The molecular formula is C12H21N3S. The van der Waals surface area contributed by atoms with E-state index in [2.05, 4.69) is 30.7 Å². The molecule has 16 heavy (non-hydrogen) atoms. The lowest BCUT2D eigenvalue weighted by Crippen LogP contribution is -2.21. The minimum absolute atomic E-state index is 0.220. The molecule has 0 aliphatic rings. The van der Waals surface area contributed by atoms with Crippen LogP contribution < -0.4 is 5.73 Å². The van der Waals surface area contributed by atoms with Gasteiger partial charge in [-0.1, -0.05) is 32.5 Å². The van der Waals surface area contributed by atoms with Crippen molar-refractivity contribution in [1.82, 2.24) is 9.97 Å². The zero-order valence-electron chi connectivity index (χ0n) is 10.3. The monoisotopic (exact) mass is 239 g/mol. The number of hydrogen-bond donors (Lipinski definition) is 1. The Kier molecular flexibility index (Phi) is 5.77. The largest absolute Gasteiger partial charge is 0.327 e. The Morgan fingerprint density at radius 2 is 1.94 bits per heavy atom. The summed E-state index contributed by atoms with van der Waals surface area (Å²) in [5.74, 6) is 1.73. The first kappa shape index (κ1) is 13.5. The van der Waals surface area contributed by atoms with Crippen LogP contribution in [-0.4, -0.2) is 21.8 Å². The van der Waals surface area contributed by atoms with E-state index < -0.39 is 0 Å². The molecule has 0 bridgehead atoms. The van der Waals surface area contributed by atoms with E-state index in [0.717, 1.165) is 29.3 Å². The Morgan fingerprint density at radius 3 is 2.44 bits per heavy atom. The van der Waals surface area contributed by atoms with Crippen molar-refractivity contribution >= 4 is 11.8 Å². The summed E-state index contributed by atoms with van der Waals surface area (Å²) in [4.78, 5) is 8.67. The van der Waals surface area contributed by atoms with Crippen molar-refractivity contribution < 1.29 is 0 Å². The molecule has 0 aliphatic heterocycles. The van der Waals surface area contributed by atoms with Crippen molar-refractivity contribution in [3.8, 4) is 0 Å². The van der Waals surface area contributed by atoms with E-state index in [0.29, 0.717) is 5.92 Å². The van der Waals surface area contributed by atoms with Crippen LogP contribution in [0.2, 0.25) is 0 Å². The molecule has 0 amide bonds. The summed E-state index contributed by atoms with van der Waals surface area (Å²) in [7, 11) is 0. The van der Waals surface area contributed by atoms with Crippen molar-refractivity contribution in [2.75, 3.05) is 5.75 Å². The Morgan fingerprint density at radius 1 is 1.31 bits per heavy atom. The minimum atomic E-state index is 0.220. The van der Waals surface area contributed by atoms with Crippen LogP contribution in [0.1, 0.15) is 32.8 Å². The van der Waals surface area contributed by atoms with E-state index >= 15 is 0 Å². The maximum absolute atomic E-state index is 5.88. The lowest BCUT2D eigenvalue weighted by atomic mass is 10.1. The first-order valence-corrected chi connectivity index (χ1v) is 6.79. The van der Waals surface area contributed by atoms with Crippen molar-refractivity contribution in [3.05, 3.63) is 18.0 Å². The van der Waals surface area contributed by atoms with E-state index in [1.165, 1.54) is 0 Å². The normalized spacial score (nSPS) is 13.1. The van der Waals surface area contributed by atoms with Gasteiger partial charge in [0.1, 0.15) is 0 Å². The number of thioether (sulfide) groups is 1. The number of hydrogen-bond acceptors (Lipinski definition) is 4. The van der Waals surface area contributed by atoms with Gasteiger partial charge < -0.3 is 5.73 Å². The first-order chi connectivity index (χ1) is 7.61. The van der Waals surface area contributed by atoms with Gasteiger partial charge in [-0.15, -0.1) is 0 Å². The third kappa shape index (κ3) is 4.94. The lowest BCUT2D eigenvalue weighted by Gasteiger charge is -2.08. The fraction of sp³-hybridized carbons (Fsp3) is 0.667. The molecule has 1 rings (SSSR count). The zero-order chi connectivity index (χ0) is 12.0. The molecule has 0 aliphatic carbocycles. The topological polar surface area (TPSA) is 51.8 Å². The number of aromatic nitrogens is 2. The summed E-state index contributed by atoms with van der Waals surface area (Å²) in [6, 6.07) is 0.220. The summed E-state index contributed by atoms with van der Waals surface area (Å²) in [6.45, 7) is 6.49. The lowest BCUT2D eigenvalue weighted by molar-refractivity contribution is 0.641. The van der Waals surface area contributed by atoms with Crippen LogP contribution in [0.25, 0.3) is 0 Å². The van der Waals surface area contributed by atoms with Gasteiger partial charge in [0.25, 0.3) is 0 Å². The van der Waals surface area contributed by atoms with Crippen LogP contribution in [0.4, 0.5) is 0 Å². The van der Waals surface area contributed by atoms with Crippen LogP contribution in [-0.2, 0) is 6.42 Å². The fourth-order valence-corrected chi connectivity index (χ4v) is 1.95. The van der Waals surface area contributed by atoms with E-state index in [-0.39, 0.29) is 6.04 Å². The van der Waals surface area contributed by atoms with E-state index in [9.17, 15) is 0 Å². The molecule has 1 aromatic heterocycles. The molecule has 0 saturated carbocycles. The molecule has 0 saturated heterocycles. The summed E-state index contributed by atoms with van der Waals surface area (Å²) >= 11 is 1.71. The third-order valence-corrected chi connectivity index (χ3v) is 3.55. The zero-order valence-corrected chi connectivity index (χ0v) is 11.1. The molecule has 1 aromatic rings. The highest BCUT2D eigenvalue weighted by Crippen LogP contribution is 2.16. The van der Waals surface area contributed by atoms with Crippen LogP contribution in [0.3, 0.4) is 0 Å². The van der Waals surface area contributed by atoms with Gasteiger partial charge in [0.05, 0.1) is 0 Å². The highest BCUT2D eigenvalue weighted by molar-refractivity contribution is 7.99. The van der Waals surface area contributed by atoms with Gasteiger partial charge in [-0.25, -0.2) is 9.97 Å². The smallest absolute Gasteiger partial charge is 0.187 e. The maximum Gasteiger partial charge on any atom is 0.187 e. The van der Waals surface area contributed by atoms with Crippen LogP contribution >= 0.6 is 11.8 Å². The van der Waals surface area contributed by atoms with Crippen molar-refractivity contribution in [1.29, 1.82) is 0 Å². The summed E-state index contributed by atoms with van der Waals surface area (Å²) < 4.78 is 0. The van der Waals surface area contributed by atoms with Gasteiger partial charge in [-0.2, -0.15) is 0 Å². The summed E-state index contributed by atoms with van der Waals surface area (Å²) in [6.07, 6.45) is 5.64. The van der Waals surface area contributed by atoms with Gasteiger partial charge >= 0.3 is 0 Å². The van der Waals surface area contributed by atoms with Gasteiger partial charge in [-0.3, -0.25) is 0 Å². The Bertz CT molecular complexity index is 298. The molecular weight excluding hydrogens is 218 g/mol. The van der Waals surface area contributed by atoms with E-state index in [4.69, 9.17) is 5.73 Å². The Labute approximate surface area is 102 Å². The van der Waals surface area contributed by atoms with Crippen LogP contribution in [0, 0.1) is 5.92 Å². The van der Waals surface area contributed by atoms with Crippen LogP contribution in [0.15, 0.2) is 17.6 Å². The molecule has 1 unspecified atom stereocenters. The highest BCUT2D eigenvalue weighted by atomic mass is 32.2. The molecule has 0 spiro atoms. The van der Waals surface area contributed by atoms with Crippen LogP contribution in [0.5, 0.6) is 0 Å². The number of rotatable bonds is 6. The third-order valence-electron chi connectivity index (χ3n) is 2.25. The number of nitrogens with zero attached hydrogens (tertiary/aromatic N) is 2. The average Bonchev–Trinajstić information content (AvgIpc) is 2.28. The van der Waals surface area contributed by atoms with Gasteiger partial charge in [0.15, 0.2) is 5.16 Å². The summed E-state index contributed by atoms with van der Waals surface area (Å²) in [5, 5.41) is 0.863. The molecule has 1 heterocycles. The number of nitrogens with two attached hydrogens (primary N) is 1.